The van der Waals surface area contributed by atoms with Crippen LogP contribution in [-0.4, -0.2) is 22.8 Å². The molecule has 0 aliphatic carbocycles. The zero-order chi connectivity index (χ0) is 14.7. The van der Waals surface area contributed by atoms with Gasteiger partial charge in [0.05, 0.1) is 5.56 Å². The van der Waals surface area contributed by atoms with Crippen molar-refractivity contribution in [2.24, 2.45) is 0 Å². The lowest BCUT2D eigenvalue weighted by Gasteiger charge is -2.18. The van der Waals surface area contributed by atoms with E-state index in [-0.39, 0.29) is 11.4 Å². The molecule has 0 spiro atoms. The molecule has 0 saturated heterocycles. The Morgan fingerprint density at radius 1 is 1.35 bits per heavy atom. The van der Waals surface area contributed by atoms with Gasteiger partial charge in [-0.1, -0.05) is 28.1 Å². The van der Waals surface area contributed by atoms with Crippen LogP contribution in [0, 0.1) is 5.82 Å². The first-order valence-corrected chi connectivity index (χ1v) is 6.68. The van der Waals surface area contributed by atoms with Crippen LogP contribution in [0.15, 0.2) is 41.0 Å². The van der Waals surface area contributed by atoms with E-state index in [0.717, 1.165) is 10.0 Å². The van der Waals surface area contributed by atoms with E-state index in [1.807, 2.05) is 24.3 Å². The number of carbonyl (C=O) groups is 1. The molecule has 0 atom stereocenters. The summed E-state index contributed by atoms with van der Waals surface area (Å²) in [4.78, 5) is 17.2. The van der Waals surface area contributed by atoms with Crippen LogP contribution >= 0.6 is 15.9 Å². The van der Waals surface area contributed by atoms with Crippen molar-refractivity contribution in [3.63, 3.8) is 0 Å². The van der Waals surface area contributed by atoms with E-state index in [9.17, 15) is 9.18 Å². The number of carbonyl (C=O) groups excluding carboxylic acids is 1. The fourth-order valence-corrected chi connectivity index (χ4v) is 2.03. The molecular weight excluding hydrogens is 325 g/mol. The number of aromatic nitrogens is 1. The molecule has 0 aliphatic rings. The lowest BCUT2D eigenvalue weighted by molar-refractivity contribution is 0.0780. The Kier molecular flexibility index (Phi) is 4.34. The Morgan fingerprint density at radius 3 is 2.65 bits per heavy atom. The number of nitrogens with zero attached hydrogens (tertiary/aromatic N) is 2. The zero-order valence-electron chi connectivity index (χ0n) is 10.8. The largest absolute Gasteiger partial charge is 0.381 e. The van der Waals surface area contributed by atoms with Gasteiger partial charge in [-0.05, 0) is 23.8 Å². The second-order valence-corrected chi connectivity index (χ2v) is 5.26. The predicted molar refractivity (Wildman–Crippen MR) is 78.5 cm³/mol. The summed E-state index contributed by atoms with van der Waals surface area (Å²) >= 11 is 3.34. The summed E-state index contributed by atoms with van der Waals surface area (Å²) in [6.07, 6.45) is 1.32. The van der Waals surface area contributed by atoms with E-state index in [0.29, 0.717) is 6.54 Å². The van der Waals surface area contributed by atoms with Crippen LogP contribution in [0.3, 0.4) is 0 Å². The van der Waals surface area contributed by atoms with Crippen LogP contribution < -0.4 is 5.73 Å². The highest BCUT2D eigenvalue weighted by atomic mass is 79.9. The number of hydrogen-bond donors (Lipinski definition) is 1. The molecular formula is C14H13BrFN3O. The summed E-state index contributed by atoms with van der Waals surface area (Å²) in [7, 11) is 1.61. The van der Waals surface area contributed by atoms with Crippen molar-refractivity contribution in [1.82, 2.24) is 9.88 Å². The number of benzene rings is 1. The Hall–Kier alpha value is -1.95. The molecule has 2 aromatic rings. The maximum absolute atomic E-state index is 13.8. The molecule has 0 aliphatic heterocycles. The molecule has 104 valence electrons. The number of halogens is 2. The van der Waals surface area contributed by atoms with E-state index < -0.39 is 11.7 Å². The SMILES string of the molecule is CN(Cc1ccc(Br)cc1)C(=O)c1ccnc(N)c1F. The van der Waals surface area contributed by atoms with Crippen molar-refractivity contribution in [2.45, 2.75) is 6.54 Å². The zero-order valence-corrected chi connectivity index (χ0v) is 12.4. The number of anilines is 1. The summed E-state index contributed by atoms with van der Waals surface area (Å²) in [6, 6.07) is 8.89. The van der Waals surface area contributed by atoms with Crippen molar-refractivity contribution >= 4 is 27.7 Å². The number of nitrogen functional groups attached to an aromatic ring is 1. The maximum atomic E-state index is 13.8. The Balaban J connectivity index is 2.16. The molecule has 6 heteroatoms. The van der Waals surface area contributed by atoms with E-state index in [4.69, 9.17) is 5.73 Å². The lowest BCUT2D eigenvalue weighted by atomic mass is 10.2. The summed E-state index contributed by atoms with van der Waals surface area (Å²) in [6.45, 7) is 0.383. The topological polar surface area (TPSA) is 59.2 Å². The highest BCUT2D eigenvalue weighted by Gasteiger charge is 2.18. The molecule has 0 bridgehead atoms. The number of rotatable bonds is 3. The monoisotopic (exact) mass is 337 g/mol. The molecule has 0 fully saturated rings. The number of pyridine rings is 1. The maximum Gasteiger partial charge on any atom is 0.257 e. The van der Waals surface area contributed by atoms with Gasteiger partial charge >= 0.3 is 0 Å². The summed E-state index contributed by atoms with van der Waals surface area (Å²) in [5.74, 6) is -1.48. The van der Waals surface area contributed by atoms with E-state index >= 15 is 0 Å². The number of amides is 1. The van der Waals surface area contributed by atoms with E-state index in [1.165, 1.54) is 17.2 Å². The summed E-state index contributed by atoms with van der Waals surface area (Å²) in [5, 5.41) is 0. The van der Waals surface area contributed by atoms with Crippen LogP contribution in [0.5, 0.6) is 0 Å². The van der Waals surface area contributed by atoms with Crippen LogP contribution in [0.2, 0.25) is 0 Å². The van der Waals surface area contributed by atoms with Gasteiger partial charge in [0, 0.05) is 24.3 Å². The minimum Gasteiger partial charge on any atom is -0.381 e. The Morgan fingerprint density at radius 2 is 2.00 bits per heavy atom. The molecule has 0 saturated carbocycles. The molecule has 4 nitrogen and oxygen atoms in total. The van der Waals surface area contributed by atoms with Crippen LogP contribution in [0.25, 0.3) is 0 Å². The minimum absolute atomic E-state index is 0.0721. The van der Waals surface area contributed by atoms with Gasteiger partial charge in [-0.2, -0.15) is 0 Å². The first-order valence-electron chi connectivity index (χ1n) is 5.89. The third-order valence-corrected chi connectivity index (χ3v) is 3.35. The molecule has 20 heavy (non-hydrogen) atoms. The second kappa shape index (κ2) is 6.00. The third kappa shape index (κ3) is 3.14. The van der Waals surface area contributed by atoms with Gasteiger partial charge < -0.3 is 10.6 Å². The van der Waals surface area contributed by atoms with Crippen LogP contribution in [0.1, 0.15) is 15.9 Å². The average molecular weight is 338 g/mol. The fourth-order valence-electron chi connectivity index (χ4n) is 1.77. The molecule has 1 aromatic carbocycles. The highest BCUT2D eigenvalue weighted by molar-refractivity contribution is 9.10. The van der Waals surface area contributed by atoms with Gasteiger partial charge in [-0.25, -0.2) is 9.37 Å². The average Bonchev–Trinajstić information content (AvgIpc) is 2.43. The number of nitrogens with two attached hydrogens (primary N) is 1. The first kappa shape index (κ1) is 14.5. The van der Waals surface area contributed by atoms with Crippen molar-refractivity contribution in [1.29, 1.82) is 0 Å². The molecule has 2 rings (SSSR count). The van der Waals surface area contributed by atoms with Gasteiger partial charge in [0.25, 0.3) is 5.91 Å². The Labute approximate surface area is 124 Å². The van der Waals surface area contributed by atoms with Gasteiger partial charge in [0.1, 0.15) is 0 Å². The molecule has 1 aromatic heterocycles. The van der Waals surface area contributed by atoms with Crippen LogP contribution in [0.4, 0.5) is 10.2 Å². The normalized spacial score (nSPS) is 10.3. The van der Waals surface area contributed by atoms with E-state index in [1.54, 1.807) is 7.05 Å². The number of hydrogen-bond acceptors (Lipinski definition) is 3. The quantitative estimate of drug-likeness (QED) is 0.936. The summed E-state index contributed by atoms with van der Waals surface area (Å²) in [5.41, 5.74) is 6.24. The van der Waals surface area contributed by atoms with Crippen LogP contribution in [-0.2, 0) is 6.54 Å². The molecule has 1 heterocycles. The molecule has 0 radical (unpaired) electrons. The fraction of sp³-hybridized carbons (Fsp3) is 0.143. The molecule has 2 N–H and O–H groups in total. The Bertz CT molecular complexity index is 631. The standard InChI is InChI=1S/C14H13BrFN3O/c1-19(8-9-2-4-10(15)5-3-9)14(20)11-6-7-18-13(17)12(11)16/h2-7H,8H2,1H3,(H2,17,18). The van der Waals surface area contributed by atoms with Gasteiger partial charge in [-0.15, -0.1) is 0 Å². The van der Waals surface area contributed by atoms with Gasteiger partial charge in [-0.3, -0.25) is 4.79 Å². The van der Waals surface area contributed by atoms with Crippen molar-refractivity contribution < 1.29 is 9.18 Å². The highest BCUT2D eigenvalue weighted by Crippen LogP contribution is 2.16. The minimum atomic E-state index is -0.778. The first-order chi connectivity index (χ1) is 9.49. The van der Waals surface area contributed by atoms with Crippen molar-refractivity contribution in [3.05, 3.63) is 57.9 Å². The van der Waals surface area contributed by atoms with Crippen molar-refractivity contribution in [2.75, 3.05) is 12.8 Å². The smallest absolute Gasteiger partial charge is 0.257 e. The van der Waals surface area contributed by atoms with Gasteiger partial charge in [0.2, 0.25) is 0 Å². The molecule has 1 amide bonds. The lowest BCUT2D eigenvalue weighted by Crippen LogP contribution is -2.27. The third-order valence-electron chi connectivity index (χ3n) is 2.83. The summed E-state index contributed by atoms with van der Waals surface area (Å²) < 4.78 is 14.7. The second-order valence-electron chi connectivity index (χ2n) is 4.35. The van der Waals surface area contributed by atoms with Gasteiger partial charge in [0.15, 0.2) is 11.6 Å². The van der Waals surface area contributed by atoms with E-state index in [2.05, 4.69) is 20.9 Å². The predicted octanol–water partition coefficient (Wildman–Crippen LogP) is 2.84. The van der Waals surface area contributed by atoms with Crippen molar-refractivity contribution in [3.8, 4) is 0 Å². The molecule has 0 unspecified atom stereocenters.